The summed E-state index contributed by atoms with van der Waals surface area (Å²) in [5.74, 6) is 0.209. The minimum absolute atomic E-state index is 0.0957. The maximum absolute atomic E-state index is 11.6. The molecule has 112 valence electrons. The van der Waals surface area contributed by atoms with Gasteiger partial charge in [0, 0.05) is 19.5 Å². The highest BCUT2D eigenvalue weighted by Crippen LogP contribution is 2.21. The Labute approximate surface area is 125 Å². The van der Waals surface area contributed by atoms with E-state index in [1.165, 1.54) is 0 Å². The van der Waals surface area contributed by atoms with Crippen molar-refractivity contribution in [2.75, 3.05) is 26.7 Å². The molecule has 1 heterocycles. The first kappa shape index (κ1) is 15.5. The Hall–Kier alpha value is -1.90. The van der Waals surface area contributed by atoms with Crippen LogP contribution in [0, 0.1) is 17.2 Å². The van der Waals surface area contributed by atoms with Crippen LogP contribution in [0.1, 0.15) is 30.1 Å². The zero-order valence-electron chi connectivity index (χ0n) is 12.2. The molecule has 1 atom stereocenters. The second-order valence-electron chi connectivity index (χ2n) is 5.44. The Morgan fingerprint density at radius 1 is 1.43 bits per heavy atom. The average Bonchev–Trinajstić information content (AvgIpc) is 2.55. The van der Waals surface area contributed by atoms with Gasteiger partial charge in [-0.3, -0.25) is 4.79 Å². The number of hydrogen-bond acceptors (Lipinski definition) is 4. The van der Waals surface area contributed by atoms with Gasteiger partial charge in [0.05, 0.1) is 17.7 Å². The lowest BCUT2D eigenvalue weighted by Gasteiger charge is -2.32. The van der Waals surface area contributed by atoms with E-state index in [0.29, 0.717) is 12.1 Å². The Kier molecular flexibility index (Phi) is 5.32. The van der Waals surface area contributed by atoms with Crippen molar-refractivity contribution >= 4 is 5.91 Å². The number of hydrogen-bond donors (Lipinski definition) is 2. The number of piperidine rings is 1. The number of nitriles is 1. The van der Waals surface area contributed by atoms with E-state index in [0.717, 1.165) is 31.5 Å². The maximum atomic E-state index is 11.6. The van der Waals surface area contributed by atoms with E-state index in [2.05, 4.69) is 16.3 Å². The van der Waals surface area contributed by atoms with Crippen LogP contribution >= 0.6 is 0 Å². The summed E-state index contributed by atoms with van der Waals surface area (Å²) in [5, 5.41) is 21.7. The van der Waals surface area contributed by atoms with Gasteiger partial charge in [-0.2, -0.15) is 5.26 Å². The molecular formula is C16H21N3O2. The van der Waals surface area contributed by atoms with E-state index in [4.69, 9.17) is 5.26 Å². The summed E-state index contributed by atoms with van der Waals surface area (Å²) in [7, 11) is 1.67. The van der Waals surface area contributed by atoms with Crippen molar-refractivity contribution in [2.24, 2.45) is 5.92 Å². The van der Waals surface area contributed by atoms with Gasteiger partial charge in [0.2, 0.25) is 5.91 Å². The summed E-state index contributed by atoms with van der Waals surface area (Å²) in [5.41, 5.74) is 1.42. The van der Waals surface area contributed by atoms with E-state index in [9.17, 15) is 9.90 Å². The minimum atomic E-state index is -0.561. The largest absolute Gasteiger partial charge is 0.387 e. The number of amides is 1. The molecule has 0 spiro atoms. The first-order valence-corrected chi connectivity index (χ1v) is 7.26. The van der Waals surface area contributed by atoms with Crippen molar-refractivity contribution < 1.29 is 9.90 Å². The molecule has 0 saturated carbocycles. The van der Waals surface area contributed by atoms with Crippen LogP contribution in [0.4, 0.5) is 0 Å². The van der Waals surface area contributed by atoms with Crippen LogP contribution in [0.5, 0.6) is 0 Å². The first-order chi connectivity index (χ1) is 10.1. The molecule has 2 rings (SSSR count). The number of β-amino-alcohol motifs (C(OH)–C–C–N with tert-alkyl or cyclic N) is 1. The quantitative estimate of drug-likeness (QED) is 0.868. The van der Waals surface area contributed by atoms with Gasteiger partial charge in [-0.15, -0.1) is 0 Å². The molecule has 1 fully saturated rings. The highest BCUT2D eigenvalue weighted by Gasteiger charge is 2.25. The van der Waals surface area contributed by atoms with E-state index in [-0.39, 0.29) is 11.8 Å². The Morgan fingerprint density at radius 3 is 2.57 bits per heavy atom. The summed E-state index contributed by atoms with van der Waals surface area (Å²) in [6.07, 6.45) is 1.11. The lowest BCUT2D eigenvalue weighted by molar-refractivity contribution is -0.126. The van der Waals surface area contributed by atoms with Gasteiger partial charge < -0.3 is 15.3 Å². The van der Waals surface area contributed by atoms with E-state index < -0.39 is 6.10 Å². The third-order valence-electron chi connectivity index (χ3n) is 4.06. The molecule has 0 radical (unpaired) electrons. The fourth-order valence-electron chi connectivity index (χ4n) is 2.71. The maximum Gasteiger partial charge on any atom is 0.222 e. The Balaban J connectivity index is 1.85. The molecule has 5 nitrogen and oxygen atoms in total. The lowest BCUT2D eigenvalue weighted by atomic mass is 9.95. The van der Waals surface area contributed by atoms with Crippen molar-refractivity contribution in [1.29, 1.82) is 5.26 Å². The first-order valence-electron chi connectivity index (χ1n) is 7.26. The summed E-state index contributed by atoms with van der Waals surface area (Å²) in [6, 6.07) is 9.09. The normalized spacial score (nSPS) is 18.0. The number of likely N-dealkylation sites (tertiary alicyclic amines) is 1. The molecule has 21 heavy (non-hydrogen) atoms. The molecule has 1 aliphatic heterocycles. The second kappa shape index (κ2) is 7.21. The van der Waals surface area contributed by atoms with Crippen molar-refractivity contribution in [1.82, 2.24) is 10.2 Å². The molecule has 1 unspecified atom stereocenters. The van der Waals surface area contributed by atoms with Gasteiger partial charge >= 0.3 is 0 Å². The molecular weight excluding hydrogens is 266 g/mol. The van der Waals surface area contributed by atoms with Crippen molar-refractivity contribution in [3.05, 3.63) is 35.4 Å². The smallest absolute Gasteiger partial charge is 0.222 e. The molecule has 1 amide bonds. The zero-order chi connectivity index (χ0) is 15.2. The monoisotopic (exact) mass is 287 g/mol. The van der Waals surface area contributed by atoms with Crippen LogP contribution in [0.15, 0.2) is 24.3 Å². The predicted molar refractivity (Wildman–Crippen MR) is 79.3 cm³/mol. The van der Waals surface area contributed by atoms with E-state index >= 15 is 0 Å². The number of nitrogens with one attached hydrogen (secondary N) is 1. The fraction of sp³-hybridized carbons (Fsp3) is 0.500. The lowest BCUT2D eigenvalue weighted by Crippen LogP contribution is -2.41. The molecule has 0 bridgehead atoms. The van der Waals surface area contributed by atoms with Gasteiger partial charge in [0.25, 0.3) is 0 Å². The SMILES string of the molecule is CNC(=O)C1CCN(CC(O)c2ccc(C#N)cc2)CC1. The van der Waals surface area contributed by atoms with E-state index in [1.54, 1.807) is 31.3 Å². The zero-order valence-corrected chi connectivity index (χ0v) is 12.2. The number of carbonyl (C=O) groups excluding carboxylic acids is 1. The number of aliphatic hydroxyl groups excluding tert-OH is 1. The second-order valence-corrected chi connectivity index (χ2v) is 5.44. The molecule has 1 aromatic rings. The van der Waals surface area contributed by atoms with Gasteiger partial charge in [0.15, 0.2) is 0 Å². The predicted octanol–water partition coefficient (Wildman–Crippen LogP) is 1.05. The van der Waals surface area contributed by atoms with Crippen LogP contribution < -0.4 is 5.32 Å². The van der Waals surface area contributed by atoms with Crippen molar-refractivity contribution in [3.63, 3.8) is 0 Å². The molecule has 2 N–H and O–H groups in total. The molecule has 1 saturated heterocycles. The number of nitrogens with zero attached hydrogens (tertiary/aromatic N) is 2. The van der Waals surface area contributed by atoms with Gasteiger partial charge in [-0.25, -0.2) is 0 Å². The van der Waals surface area contributed by atoms with Crippen LogP contribution in [0.25, 0.3) is 0 Å². The van der Waals surface area contributed by atoms with Gasteiger partial charge in [0.1, 0.15) is 0 Å². The number of carbonyl (C=O) groups is 1. The third kappa shape index (κ3) is 4.03. The Morgan fingerprint density at radius 2 is 2.05 bits per heavy atom. The van der Waals surface area contributed by atoms with Crippen LogP contribution in [0.2, 0.25) is 0 Å². The molecule has 1 aliphatic rings. The summed E-state index contributed by atoms with van der Waals surface area (Å²) < 4.78 is 0. The van der Waals surface area contributed by atoms with Crippen LogP contribution in [-0.2, 0) is 4.79 Å². The molecule has 0 aliphatic carbocycles. The van der Waals surface area contributed by atoms with Crippen molar-refractivity contribution in [3.8, 4) is 6.07 Å². The van der Waals surface area contributed by atoms with Gasteiger partial charge in [-0.1, -0.05) is 12.1 Å². The van der Waals surface area contributed by atoms with E-state index in [1.807, 2.05) is 0 Å². The number of aliphatic hydroxyl groups is 1. The molecule has 5 heteroatoms. The molecule has 0 aromatic heterocycles. The summed E-state index contributed by atoms with van der Waals surface area (Å²) in [4.78, 5) is 13.8. The van der Waals surface area contributed by atoms with Gasteiger partial charge in [-0.05, 0) is 43.6 Å². The highest BCUT2D eigenvalue weighted by atomic mass is 16.3. The number of benzene rings is 1. The van der Waals surface area contributed by atoms with Crippen LogP contribution in [-0.4, -0.2) is 42.6 Å². The fourth-order valence-corrected chi connectivity index (χ4v) is 2.71. The number of rotatable bonds is 4. The Bertz CT molecular complexity index is 513. The highest BCUT2D eigenvalue weighted by molar-refractivity contribution is 5.78. The van der Waals surface area contributed by atoms with Crippen LogP contribution in [0.3, 0.4) is 0 Å². The molecule has 1 aromatic carbocycles. The minimum Gasteiger partial charge on any atom is -0.387 e. The third-order valence-corrected chi connectivity index (χ3v) is 4.06. The summed E-state index contributed by atoms with van der Waals surface area (Å²) >= 11 is 0. The average molecular weight is 287 g/mol. The standard InChI is InChI=1S/C16H21N3O2/c1-18-16(21)14-6-8-19(9-7-14)11-15(20)13-4-2-12(10-17)3-5-13/h2-5,14-15,20H,6-9,11H2,1H3,(H,18,21). The summed E-state index contributed by atoms with van der Waals surface area (Å²) in [6.45, 7) is 2.21. The topological polar surface area (TPSA) is 76.4 Å². The van der Waals surface area contributed by atoms with Crippen molar-refractivity contribution in [2.45, 2.75) is 18.9 Å².